The summed E-state index contributed by atoms with van der Waals surface area (Å²) in [6.07, 6.45) is 0. The highest BCUT2D eigenvalue weighted by Gasteiger charge is 2.16. The summed E-state index contributed by atoms with van der Waals surface area (Å²) in [4.78, 5) is 14.2. The number of hydrogen-bond donors (Lipinski definition) is 1. The summed E-state index contributed by atoms with van der Waals surface area (Å²) in [5.74, 6) is 0.503. The van der Waals surface area contributed by atoms with E-state index < -0.39 is 0 Å². The van der Waals surface area contributed by atoms with E-state index >= 15 is 0 Å². The molecule has 0 saturated carbocycles. The molecule has 23 heavy (non-hydrogen) atoms. The standard InChI is InChI=1S/C18H21ClN2O2/c1-20-11-12-21(2)18(22)15-8-4-6-10-17(15)23-13-14-7-3-5-9-16(14)19/h3-10,20H,11-13H2,1-2H3. The fraction of sp³-hybridized carbons (Fsp3) is 0.278. The lowest BCUT2D eigenvalue weighted by atomic mass is 10.1. The number of halogens is 1. The lowest BCUT2D eigenvalue weighted by molar-refractivity contribution is 0.0792. The first-order valence-electron chi connectivity index (χ1n) is 7.48. The molecule has 5 heteroatoms. The minimum atomic E-state index is -0.0602. The van der Waals surface area contributed by atoms with Crippen molar-refractivity contribution < 1.29 is 9.53 Å². The van der Waals surface area contributed by atoms with Gasteiger partial charge in [0.2, 0.25) is 0 Å². The molecule has 0 unspecified atom stereocenters. The molecule has 0 radical (unpaired) electrons. The molecule has 4 nitrogen and oxygen atoms in total. The molecular weight excluding hydrogens is 312 g/mol. The molecule has 0 bridgehead atoms. The Kier molecular flexibility index (Phi) is 6.44. The molecule has 0 heterocycles. The van der Waals surface area contributed by atoms with E-state index in [1.54, 1.807) is 24.1 Å². The maximum atomic E-state index is 12.5. The van der Waals surface area contributed by atoms with Crippen LogP contribution in [0.15, 0.2) is 48.5 Å². The molecule has 0 aliphatic carbocycles. The maximum Gasteiger partial charge on any atom is 0.257 e. The Balaban J connectivity index is 2.11. The molecule has 2 aromatic rings. The molecular formula is C18H21ClN2O2. The Morgan fingerprint density at radius 3 is 2.61 bits per heavy atom. The second kappa shape index (κ2) is 8.56. The summed E-state index contributed by atoms with van der Waals surface area (Å²) in [5.41, 5.74) is 1.44. The fourth-order valence-corrected chi connectivity index (χ4v) is 2.32. The summed E-state index contributed by atoms with van der Waals surface area (Å²) in [7, 11) is 3.64. The molecule has 0 saturated heterocycles. The van der Waals surface area contributed by atoms with Crippen molar-refractivity contribution in [3.8, 4) is 5.75 Å². The number of rotatable bonds is 7. The highest BCUT2D eigenvalue weighted by molar-refractivity contribution is 6.31. The monoisotopic (exact) mass is 332 g/mol. The van der Waals surface area contributed by atoms with Crippen LogP contribution in [0.5, 0.6) is 5.75 Å². The van der Waals surface area contributed by atoms with Gasteiger partial charge in [-0.15, -0.1) is 0 Å². The van der Waals surface area contributed by atoms with Gasteiger partial charge in [0.1, 0.15) is 12.4 Å². The average molecular weight is 333 g/mol. The summed E-state index contributed by atoms with van der Waals surface area (Å²) in [5, 5.41) is 3.69. The molecule has 0 fully saturated rings. The predicted octanol–water partition coefficient (Wildman–Crippen LogP) is 3.21. The molecule has 1 amide bonds. The van der Waals surface area contributed by atoms with Crippen LogP contribution in [0.2, 0.25) is 5.02 Å². The van der Waals surface area contributed by atoms with Crippen LogP contribution in [-0.4, -0.2) is 38.0 Å². The van der Waals surface area contributed by atoms with Gasteiger partial charge in [-0.2, -0.15) is 0 Å². The van der Waals surface area contributed by atoms with Gasteiger partial charge in [-0.1, -0.05) is 41.9 Å². The van der Waals surface area contributed by atoms with Crippen molar-refractivity contribution >= 4 is 17.5 Å². The van der Waals surface area contributed by atoms with Crippen LogP contribution in [0.3, 0.4) is 0 Å². The zero-order valence-electron chi connectivity index (χ0n) is 13.4. The minimum absolute atomic E-state index is 0.0602. The average Bonchev–Trinajstić information content (AvgIpc) is 2.58. The number of amides is 1. The van der Waals surface area contributed by atoms with Gasteiger partial charge in [-0.05, 0) is 25.2 Å². The summed E-state index contributed by atoms with van der Waals surface area (Å²) in [6.45, 7) is 1.70. The highest BCUT2D eigenvalue weighted by Crippen LogP contribution is 2.23. The van der Waals surface area contributed by atoms with Crippen LogP contribution < -0.4 is 10.1 Å². The van der Waals surface area contributed by atoms with E-state index in [1.807, 2.05) is 43.4 Å². The van der Waals surface area contributed by atoms with Crippen LogP contribution in [-0.2, 0) is 6.61 Å². The van der Waals surface area contributed by atoms with Crippen LogP contribution in [0.25, 0.3) is 0 Å². The maximum absolute atomic E-state index is 12.5. The smallest absolute Gasteiger partial charge is 0.257 e. The van der Waals surface area contributed by atoms with E-state index in [4.69, 9.17) is 16.3 Å². The van der Waals surface area contributed by atoms with Crippen LogP contribution in [0, 0.1) is 0 Å². The zero-order chi connectivity index (χ0) is 16.7. The predicted molar refractivity (Wildman–Crippen MR) is 93.1 cm³/mol. The third-order valence-electron chi connectivity index (χ3n) is 3.50. The second-order valence-corrected chi connectivity index (χ2v) is 5.61. The van der Waals surface area contributed by atoms with Gasteiger partial charge >= 0.3 is 0 Å². The summed E-state index contributed by atoms with van der Waals surface area (Å²) in [6, 6.07) is 14.8. The van der Waals surface area contributed by atoms with E-state index in [1.165, 1.54) is 0 Å². The molecule has 1 N–H and O–H groups in total. The first-order chi connectivity index (χ1) is 11.1. The van der Waals surface area contributed by atoms with Gasteiger partial charge in [-0.25, -0.2) is 0 Å². The summed E-state index contributed by atoms with van der Waals surface area (Å²) >= 11 is 6.14. The fourth-order valence-electron chi connectivity index (χ4n) is 2.13. The Morgan fingerprint density at radius 2 is 1.87 bits per heavy atom. The second-order valence-electron chi connectivity index (χ2n) is 5.21. The number of hydrogen-bond acceptors (Lipinski definition) is 3. The number of nitrogens with zero attached hydrogens (tertiary/aromatic N) is 1. The molecule has 0 aliphatic rings. The van der Waals surface area contributed by atoms with E-state index in [0.29, 0.717) is 29.5 Å². The molecule has 0 aliphatic heterocycles. The van der Waals surface area contributed by atoms with Crippen molar-refractivity contribution in [1.82, 2.24) is 10.2 Å². The molecule has 2 rings (SSSR count). The van der Waals surface area contributed by atoms with Crippen molar-refractivity contribution in [1.29, 1.82) is 0 Å². The Morgan fingerprint density at radius 1 is 1.17 bits per heavy atom. The summed E-state index contributed by atoms with van der Waals surface area (Å²) < 4.78 is 5.83. The van der Waals surface area contributed by atoms with Crippen molar-refractivity contribution in [2.45, 2.75) is 6.61 Å². The Hall–Kier alpha value is -2.04. The largest absolute Gasteiger partial charge is 0.488 e. The Bertz CT molecular complexity index is 661. The zero-order valence-corrected chi connectivity index (χ0v) is 14.1. The highest BCUT2D eigenvalue weighted by atomic mass is 35.5. The van der Waals surface area contributed by atoms with Gasteiger partial charge in [0.25, 0.3) is 5.91 Å². The van der Waals surface area contributed by atoms with Gasteiger partial charge in [0.05, 0.1) is 5.56 Å². The molecule has 122 valence electrons. The number of likely N-dealkylation sites (N-methyl/N-ethyl adjacent to an activating group) is 2. The topological polar surface area (TPSA) is 41.6 Å². The number of para-hydroxylation sites is 1. The van der Waals surface area contributed by atoms with Crippen LogP contribution in [0.4, 0.5) is 0 Å². The van der Waals surface area contributed by atoms with E-state index in [2.05, 4.69) is 5.32 Å². The van der Waals surface area contributed by atoms with Crippen molar-refractivity contribution in [2.75, 3.05) is 27.2 Å². The van der Waals surface area contributed by atoms with Crippen molar-refractivity contribution in [3.63, 3.8) is 0 Å². The van der Waals surface area contributed by atoms with Crippen molar-refractivity contribution in [3.05, 3.63) is 64.7 Å². The number of nitrogens with one attached hydrogen (secondary N) is 1. The lowest BCUT2D eigenvalue weighted by Crippen LogP contribution is -2.33. The first-order valence-corrected chi connectivity index (χ1v) is 7.86. The third kappa shape index (κ3) is 4.71. The molecule has 0 spiro atoms. The number of benzene rings is 2. The van der Waals surface area contributed by atoms with Gasteiger partial charge in [0, 0.05) is 30.7 Å². The quantitative estimate of drug-likeness (QED) is 0.846. The van der Waals surface area contributed by atoms with Crippen molar-refractivity contribution in [2.24, 2.45) is 0 Å². The van der Waals surface area contributed by atoms with E-state index in [9.17, 15) is 4.79 Å². The number of ether oxygens (including phenoxy) is 1. The molecule has 2 aromatic carbocycles. The minimum Gasteiger partial charge on any atom is -0.488 e. The van der Waals surface area contributed by atoms with Crippen LogP contribution >= 0.6 is 11.6 Å². The Labute approximate surface area is 142 Å². The third-order valence-corrected chi connectivity index (χ3v) is 3.87. The first kappa shape index (κ1) is 17.3. The lowest BCUT2D eigenvalue weighted by Gasteiger charge is -2.19. The van der Waals surface area contributed by atoms with Gasteiger partial charge < -0.3 is 15.0 Å². The van der Waals surface area contributed by atoms with E-state index in [-0.39, 0.29) is 5.91 Å². The number of carbonyl (C=O) groups excluding carboxylic acids is 1. The SMILES string of the molecule is CNCCN(C)C(=O)c1ccccc1OCc1ccccc1Cl. The molecule has 0 aromatic heterocycles. The van der Waals surface area contributed by atoms with Crippen LogP contribution in [0.1, 0.15) is 15.9 Å². The van der Waals surface area contributed by atoms with Gasteiger partial charge in [0.15, 0.2) is 0 Å². The van der Waals surface area contributed by atoms with Gasteiger partial charge in [-0.3, -0.25) is 4.79 Å². The molecule has 0 atom stereocenters. The normalized spacial score (nSPS) is 10.4. The van der Waals surface area contributed by atoms with E-state index in [0.717, 1.165) is 12.1 Å². The number of carbonyl (C=O) groups is 1.